The number of nitrogens with two attached hydrogens (primary N) is 1. The van der Waals surface area contributed by atoms with Crippen molar-refractivity contribution in [3.63, 3.8) is 0 Å². The topological polar surface area (TPSA) is 72.6 Å². The van der Waals surface area contributed by atoms with Gasteiger partial charge >= 0.3 is 0 Å². The van der Waals surface area contributed by atoms with E-state index in [1.165, 1.54) is 16.2 Å². The Balaban J connectivity index is 2.02. The molecule has 1 fully saturated rings. The number of carbonyl (C=O) groups excluding carboxylic acids is 2. The van der Waals surface area contributed by atoms with E-state index in [1.807, 2.05) is 12.1 Å². The molecule has 2 heterocycles. The van der Waals surface area contributed by atoms with Crippen LogP contribution in [0.25, 0.3) is 0 Å². The maximum Gasteiger partial charge on any atom is 0.237 e. The molecule has 1 aromatic rings. The molecule has 1 saturated heterocycles. The number of rotatable bonds is 5. The Labute approximate surface area is 116 Å². The van der Waals surface area contributed by atoms with Crippen LogP contribution in [-0.4, -0.2) is 48.9 Å². The quantitative estimate of drug-likeness (QED) is 0.806. The maximum atomic E-state index is 12.2. The third kappa shape index (κ3) is 3.40. The van der Waals surface area contributed by atoms with Crippen molar-refractivity contribution in [2.24, 2.45) is 5.73 Å². The van der Waals surface area contributed by atoms with Gasteiger partial charge in [0.2, 0.25) is 5.91 Å². The van der Waals surface area contributed by atoms with Gasteiger partial charge in [0, 0.05) is 11.4 Å². The number of carbonyl (C=O) groups is 2. The van der Waals surface area contributed by atoms with Crippen LogP contribution in [0.4, 0.5) is 0 Å². The Bertz CT molecular complexity index is 472. The largest absolute Gasteiger partial charge is 0.378 e. The van der Waals surface area contributed by atoms with E-state index in [4.69, 9.17) is 10.5 Å². The molecule has 1 atom stereocenters. The fourth-order valence-corrected chi connectivity index (χ4v) is 2.95. The molecule has 0 bridgehead atoms. The predicted octanol–water partition coefficient (Wildman–Crippen LogP) is 0.679. The van der Waals surface area contributed by atoms with Crippen LogP contribution < -0.4 is 5.73 Å². The maximum absolute atomic E-state index is 12.2. The van der Waals surface area contributed by atoms with Crippen LogP contribution in [0.1, 0.15) is 21.5 Å². The minimum Gasteiger partial charge on any atom is -0.378 e. The standard InChI is InChI=1S/C13H18N2O3S/c1-2-9-3-4-12(19-9)11(16)7-15-5-6-18-8-10(15)13(14)17/h3-4,10H,2,5-8H2,1H3,(H2,14,17). The van der Waals surface area contributed by atoms with E-state index in [0.717, 1.165) is 11.3 Å². The first-order valence-corrected chi connectivity index (χ1v) is 7.16. The van der Waals surface area contributed by atoms with Crippen molar-refractivity contribution >= 4 is 23.0 Å². The predicted molar refractivity (Wildman–Crippen MR) is 73.4 cm³/mol. The Morgan fingerprint density at radius 2 is 2.32 bits per heavy atom. The molecular formula is C13H18N2O3S. The smallest absolute Gasteiger partial charge is 0.237 e. The number of hydrogen-bond donors (Lipinski definition) is 1. The zero-order valence-electron chi connectivity index (χ0n) is 10.9. The number of ketones is 1. The average Bonchev–Trinajstić information content (AvgIpc) is 2.88. The zero-order chi connectivity index (χ0) is 13.8. The second-order valence-corrected chi connectivity index (χ2v) is 5.67. The first-order valence-electron chi connectivity index (χ1n) is 6.34. The van der Waals surface area contributed by atoms with Gasteiger partial charge in [0.05, 0.1) is 24.6 Å². The van der Waals surface area contributed by atoms with Gasteiger partial charge in [-0.2, -0.15) is 0 Å². The Kier molecular flexibility index (Phi) is 4.68. The highest BCUT2D eigenvalue weighted by Crippen LogP contribution is 2.18. The number of morpholine rings is 1. The lowest BCUT2D eigenvalue weighted by atomic mass is 10.2. The molecule has 0 spiro atoms. The van der Waals surface area contributed by atoms with Gasteiger partial charge in [-0.3, -0.25) is 14.5 Å². The highest BCUT2D eigenvalue weighted by atomic mass is 32.1. The Morgan fingerprint density at radius 1 is 1.53 bits per heavy atom. The lowest BCUT2D eigenvalue weighted by Crippen LogP contribution is -2.53. The summed E-state index contributed by atoms with van der Waals surface area (Å²) in [5.74, 6) is -0.397. The molecule has 1 aliphatic heterocycles. The van der Waals surface area contributed by atoms with Crippen LogP contribution in [0.15, 0.2) is 12.1 Å². The number of aryl methyl sites for hydroxylation is 1. The molecule has 0 saturated carbocycles. The summed E-state index contributed by atoms with van der Waals surface area (Å²) < 4.78 is 5.23. The zero-order valence-corrected chi connectivity index (χ0v) is 11.7. The van der Waals surface area contributed by atoms with E-state index in [2.05, 4.69) is 6.92 Å². The van der Waals surface area contributed by atoms with Crippen LogP contribution in [0, 0.1) is 0 Å². The molecule has 2 N–H and O–H groups in total. The van der Waals surface area contributed by atoms with E-state index in [0.29, 0.717) is 13.2 Å². The fraction of sp³-hybridized carbons (Fsp3) is 0.538. The normalized spacial score (nSPS) is 20.4. The van der Waals surface area contributed by atoms with Gasteiger partial charge in [0.15, 0.2) is 5.78 Å². The van der Waals surface area contributed by atoms with Gasteiger partial charge in [-0.25, -0.2) is 0 Å². The minimum atomic E-state index is -0.497. The molecule has 1 aromatic heterocycles. The van der Waals surface area contributed by atoms with Crippen molar-refractivity contribution in [1.29, 1.82) is 0 Å². The van der Waals surface area contributed by atoms with Gasteiger partial charge < -0.3 is 10.5 Å². The monoisotopic (exact) mass is 282 g/mol. The van der Waals surface area contributed by atoms with Gasteiger partial charge in [-0.1, -0.05) is 6.92 Å². The molecule has 0 aromatic carbocycles. The molecule has 19 heavy (non-hydrogen) atoms. The van der Waals surface area contributed by atoms with E-state index in [9.17, 15) is 9.59 Å². The van der Waals surface area contributed by atoms with E-state index >= 15 is 0 Å². The van der Waals surface area contributed by atoms with Crippen LogP contribution in [0.3, 0.4) is 0 Å². The number of primary amides is 1. The van der Waals surface area contributed by atoms with Crippen molar-refractivity contribution in [2.45, 2.75) is 19.4 Å². The van der Waals surface area contributed by atoms with E-state index in [-0.39, 0.29) is 18.9 Å². The molecule has 1 unspecified atom stereocenters. The van der Waals surface area contributed by atoms with E-state index in [1.54, 1.807) is 4.90 Å². The molecule has 6 heteroatoms. The van der Waals surface area contributed by atoms with Crippen molar-refractivity contribution in [1.82, 2.24) is 4.90 Å². The number of hydrogen-bond acceptors (Lipinski definition) is 5. The van der Waals surface area contributed by atoms with Gasteiger partial charge in [0.1, 0.15) is 6.04 Å². The van der Waals surface area contributed by atoms with Crippen LogP contribution in [0.2, 0.25) is 0 Å². The number of Topliss-reactive ketones (excluding diaryl/α,β-unsaturated/α-hetero) is 1. The molecule has 0 aliphatic carbocycles. The second kappa shape index (κ2) is 6.27. The SMILES string of the molecule is CCc1ccc(C(=O)CN2CCOCC2C(N)=O)s1. The highest BCUT2D eigenvalue weighted by Gasteiger charge is 2.29. The summed E-state index contributed by atoms with van der Waals surface area (Å²) in [5, 5.41) is 0. The fourth-order valence-electron chi connectivity index (χ4n) is 2.07. The summed E-state index contributed by atoms with van der Waals surface area (Å²) >= 11 is 1.52. The van der Waals surface area contributed by atoms with Crippen molar-refractivity contribution < 1.29 is 14.3 Å². The lowest BCUT2D eigenvalue weighted by molar-refractivity contribution is -0.128. The number of ether oxygens (including phenoxy) is 1. The van der Waals surface area contributed by atoms with Crippen LogP contribution in [-0.2, 0) is 16.0 Å². The van der Waals surface area contributed by atoms with Gasteiger partial charge in [-0.15, -0.1) is 11.3 Å². The van der Waals surface area contributed by atoms with Crippen molar-refractivity contribution in [3.05, 3.63) is 21.9 Å². The molecule has 1 amide bonds. The lowest BCUT2D eigenvalue weighted by Gasteiger charge is -2.32. The van der Waals surface area contributed by atoms with Gasteiger partial charge in [0.25, 0.3) is 0 Å². The number of amides is 1. The number of nitrogens with zero attached hydrogens (tertiary/aromatic N) is 1. The first-order chi connectivity index (χ1) is 9.11. The molecular weight excluding hydrogens is 264 g/mol. The summed E-state index contributed by atoms with van der Waals surface area (Å²) in [5.41, 5.74) is 5.33. The summed E-state index contributed by atoms with van der Waals surface area (Å²) in [6.07, 6.45) is 0.930. The molecule has 5 nitrogen and oxygen atoms in total. The first kappa shape index (κ1) is 14.2. The van der Waals surface area contributed by atoms with Crippen molar-refractivity contribution in [2.75, 3.05) is 26.3 Å². The average molecular weight is 282 g/mol. The summed E-state index contributed by atoms with van der Waals surface area (Å²) in [6, 6.07) is 3.33. The van der Waals surface area contributed by atoms with E-state index < -0.39 is 11.9 Å². The Morgan fingerprint density at radius 3 is 2.95 bits per heavy atom. The minimum absolute atomic E-state index is 0.0397. The third-order valence-corrected chi connectivity index (χ3v) is 4.47. The van der Waals surface area contributed by atoms with Crippen LogP contribution in [0.5, 0.6) is 0 Å². The summed E-state index contributed by atoms with van der Waals surface area (Å²) in [7, 11) is 0. The molecule has 1 aliphatic rings. The third-order valence-electron chi connectivity index (χ3n) is 3.20. The summed E-state index contributed by atoms with van der Waals surface area (Å²) in [6.45, 7) is 3.64. The molecule has 104 valence electrons. The molecule has 0 radical (unpaired) electrons. The number of thiophene rings is 1. The van der Waals surface area contributed by atoms with Gasteiger partial charge in [-0.05, 0) is 18.6 Å². The summed E-state index contributed by atoms with van der Waals surface area (Å²) in [4.78, 5) is 27.2. The molecule has 2 rings (SSSR count). The Hall–Kier alpha value is -1.24. The van der Waals surface area contributed by atoms with Crippen LogP contribution >= 0.6 is 11.3 Å². The second-order valence-electron chi connectivity index (χ2n) is 4.51. The van der Waals surface area contributed by atoms with Crippen molar-refractivity contribution in [3.8, 4) is 0 Å². The highest BCUT2D eigenvalue weighted by molar-refractivity contribution is 7.14.